The summed E-state index contributed by atoms with van der Waals surface area (Å²) in [5.41, 5.74) is 7.28. The summed E-state index contributed by atoms with van der Waals surface area (Å²) in [6.07, 6.45) is 1.43. The second kappa shape index (κ2) is 8.02. The molecule has 146 valence electrons. The molecule has 2 aliphatic heterocycles. The Balaban J connectivity index is 1.55. The number of primary amides is 1. The van der Waals surface area contributed by atoms with E-state index in [0.717, 1.165) is 17.0 Å². The van der Waals surface area contributed by atoms with E-state index in [4.69, 9.17) is 10.5 Å². The first-order valence-electron chi connectivity index (χ1n) is 9.74. The molecular weight excluding hydrogens is 354 g/mol. The summed E-state index contributed by atoms with van der Waals surface area (Å²) in [7, 11) is 0. The number of likely N-dealkylation sites (tertiary alicyclic amines) is 1. The third-order valence-electron chi connectivity index (χ3n) is 5.64. The number of hydrogen-bond acceptors (Lipinski definition) is 4. The minimum Gasteiger partial charge on any atom is -0.489 e. The molecule has 28 heavy (non-hydrogen) atoms. The number of piperidine rings is 1. The van der Waals surface area contributed by atoms with Crippen molar-refractivity contribution >= 4 is 17.5 Å². The van der Waals surface area contributed by atoms with Crippen molar-refractivity contribution in [1.29, 1.82) is 0 Å². The number of anilines is 1. The van der Waals surface area contributed by atoms with Crippen LogP contribution in [0.15, 0.2) is 54.6 Å². The second-order valence-corrected chi connectivity index (χ2v) is 7.42. The van der Waals surface area contributed by atoms with E-state index in [0.29, 0.717) is 39.1 Å². The van der Waals surface area contributed by atoms with E-state index in [1.54, 1.807) is 0 Å². The first-order valence-corrected chi connectivity index (χ1v) is 9.74. The van der Waals surface area contributed by atoms with Crippen LogP contribution in [0.5, 0.6) is 5.75 Å². The third kappa shape index (κ3) is 3.73. The molecule has 2 amide bonds. The van der Waals surface area contributed by atoms with Crippen LogP contribution in [-0.2, 0) is 9.59 Å². The molecular formula is C22H25N3O3. The fourth-order valence-corrected chi connectivity index (χ4v) is 4.06. The van der Waals surface area contributed by atoms with Crippen molar-refractivity contribution in [1.82, 2.24) is 4.90 Å². The van der Waals surface area contributed by atoms with Gasteiger partial charge in [0, 0.05) is 5.92 Å². The van der Waals surface area contributed by atoms with Gasteiger partial charge in [0.25, 0.3) is 0 Å². The predicted molar refractivity (Wildman–Crippen MR) is 107 cm³/mol. The molecule has 0 spiro atoms. The Morgan fingerprint density at radius 1 is 1.00 bits per heavy atom. The van der Waals surface area contributed by atoms with Crippen molar-refractivity contribution in [3.63, 3.8) is 0 Å². The summed E-state index contributed by atoms with van der Waals surface area (Å²) in [5.74, 6) is 0.461. The number of benzene rings is 2. The van der Waals surface area contributed by atoms with Crippen LogP contribution in [-0.4, -0.2) is 43.0 Å². The topological polar surface area (TPSA) is 75.9 Å². The summed E-state index contributed by atoms with van der Waals surface area (Å²) >= 11 is 0. The van der Waals surface area contributed by atoms with Gasteiger partial charge in [0.2, 0.25) is 11.8 Å². The molecule has 6 nitrogen and oxygen atoms in total. The van der Waals surface area contributed by atoms with E-state index in [9.17, 15) is 9.59 Å². The normalized spacial score (nSPS) is 20.3. The van der Waals surface area contributed by atoms with Crippen molar-refractivity contribution in [3.8, 4) is 5.75 Å². The number of amides is 2. The summed E-state index contributed by atoms with van der Waals surface area (Å²) in [6, 6.07) is 17.5. The minimum atomic E-state index is -0.239. The maximum Gasteiger partial charge on any atom is 0.241 e. The van der Waals surface area contributed by atoms with Gasteiger partial charge in [-0.25, -0.2) is 0 Å². The van der Waals surface area contributed by atoms with E-state index in [1.165, 1.54) is 0 Å². The van der Waals surface area contributed by atoms with Crippen LogP contribution in [0, 0.1) is 5.92 Å². The number of nitrogens with two attached hydrogens (primary N) is 1. The molecule has 2 heterocycles. The molecule has 0 aliphatic carbocycles. The molecule has 2 aromatic carbocycles. The molecule has 2 aliphatic rings. The van der Waals surface area contributed by atoms with E-state index in [-0.39, 0.29) is 23.8 Å². The lowest BCUT2D eigenvalue weighted by atomic mass is 9.96. The number of fused-ring (bicyclic) bond motifs is 1. The van der Waals surface area contributed by atoms with Crippen LogP contribution >= 0.6 is 0 Å². The van der Waals surface area contributed by atoms with E-state index < -0.39 is 0 Å². The molecule has 2 aromatic rings. The lowest BCUT2D eigenvalue weighted by Gasteiger charge is -2.39. The van der Waals surface area contributed by atoms with Crippen LogP contribution in [0.4, 0.5) is 5.69 Å². The quantitative estimate of drug-likeness (QED) is 0.885. The third-order valence-corrected chi connectivity index (χ3v) is 5.64. The van der Waals surface area contributed by atoms with Gasteiger partial charge in [0.05, 0.1) is 18.3 Å². The molecule has 4 rings (SSSR count). The smallest absolute Gasteiger partial charge is 0.241 e. The Bertz CT molecular complexity index is 847. The first kappa shape index (κ1) is 18.5. The largest absolute Gasteiger partial charge is 0.489 e. The highest BCUT2D eigenvalue weighted by atomic mass is 16.5. The summed E-state index contributed by atoms with van der Waals surface area (Å²) < 4.78 is 5.94. The van der Waals surface area contributed by atoms with Crippen molar-refractivity contribution in [3.05, 3.63) is 60.2 Å². The first-order chi connectivity index (χ1) is 13.6. The number of para-hydroxylation sites is 2. The van der Waals surface area contributed by atoms with Gasteiger partial charge in [-0.15, -0.1) is 0 Å². The average Bonchev–Trinajstić information content (AvgIpc) is 2.74. The monoisotopic (exact) mass is 379 g/mol. The SMILES string of the molecule is NC(=O)C1CCN(CC(=O)N2c3ccccc3OC[C@@H]2c2ccccc2)CC1. The van der Waals surface area contributed by atoms with Gasteiger partial charge >= 0.3 is 0 Å². The average molecular weight is 379 g/mol. The Hall–Kier alpha value is -2.86. The minimum absolute atomic E-state index is 0.0436. The Kier molecular flexibility index (Phi) is 5.30. The molecule has 0 saturated carbocycles. The van der Waals surface area contributed by atoms with Crippen molar-refractivity contribution < 1.29 is 14.3 Å². The van der Waals surface area contributed by atoms with Crippen LogP contribution in [0.1, 0.15) is 24.4 Å². The predicted octanol–water partition coefficient (Wildman–Crippen LogP) is 2.35. The van der Waals surface area contributed by atoms with E-state index >= 15 is 0 Å². The molecule has 0 bridgehead atoms. The van der Waals surface area contributed by atoms with Crippen molar-refractivity contribution in [2.24, 2.45) is 11.7 Å². The standard InChI is InChI=1S/C22H25N3O3/c23-22(27)17-10-12-24(13-11-17)14-21(26)25-18-8-4-5-9-20(18)28-15-19(25)16-6-2-1-3-7-16/h1-9,17,19H,10-15H2,(H2,23,27)/t19-/m1/s1. The molecule has 1 saturated heterocycles. The number of rotatable bonds is 4. The van der Waals surface area contributed by atoms with Crippen LogP contribution < -0.4 is 15.4 Å². The number of hydrogen-bond donors (Lipinski definition) is 1. The molecule has 0 unspecified atom stereocenters. The maximum absolute atomic E-state index is 13.4. The number of ether oxygens (including phenoxy) is 1. The lowest BCUT2D eigenvalue weighted by Crippen LogP contribution is -2.48. The second-order valence-electron chi connectivity index (χ2n) is 7.42. The van der Waals surface area contributed by atoms with Crippen LogP contribution in [0.3, 0.4) is 0 Å². The highest BCUT2D eigenvalue weighted by Crippen LogP contribution is 2.39. The van der Waals surface area contributed by atoms with E-state index in [1.807, 2.05) is 59.5 Å². The summed E-state index contributed by atoms with van der Waals surface area (Å²) in [6.45, 7) is 2.17. The highest BCUT2D eigenvalue weighted by Gasteiger charge is 2.34. The summed E-state index contributed by atoms with van der Waals surface area (Å²) in [5, 5.41) is 0. The molecule has 0 radical (unpaired) electrons. The van der Waals surface area contributed by atoms with Gasteiger partial charge in [0.15, 0.2) is 0 Å². The van der Waals surface area contributed by atoms with Crippen LogP contribution in [0.25, 0.3) is 0 Å². The number of carbonyl (C=O) groups is 2. The van der Waals surface area contributed by atoms with Crippen molar-refractivity contribution in [2.75, 3.05) is 31.1 Å². The summed E-state index contributed by atoms with van der Waals surface area (Å²) in [4.78, 5) is 28.7. The molecule has 1 fully saturated rings. The van der Waals surface area contributed by atoms with Gasteiger partial charge in [-0.1, -0.05) is 42.5 Å². The highest BCUT2D eigenvalue weighted by molar-refractivity contribution is 5.97. The zero-order chi connectivity index (χ0) is 19.5. The Morgan fingerprint density at radius 2 is 1.68 bits per heavy atom. The fraction of sp³-hybridized carbons (Fsp3) is 0.364. The molecule has 1 atom stereocenters. The fourth-order valence-electron chi connectivity index (χ4n) is 4.06. The van der Waals surface area contributed by atoms with Gasteiger partial charge in [0.1, 0.15) is 12.4 Å². The van der Waals surface area contributed by atoms with Crippen LogP contribution in [0.2, 0.25) is 0 Å². The molecule has 6 heteroatoms. The lowest BCUT2D eigenvalue weighted by molar-refractivity contribution is -0.123. The Labute approximate surface area is 164 Å². The van der Waals surface area contributed by atoms with Gasteiger partial charge in [-0.2, -0.15) is 0 Å². The Morgan fingerprint density at radius 3 is 2.39 bits per heavy atom. The zero-order valence-electron chi connectivity index (χ0n) is 15.8. The van der Waals surface area contributed by atoms with Gasteiger partial charge in [-0.3, -0.25) is 19.4 Å². The van der Waals surface area contributed by atoms with Gasteiger partial charge in [-0.05, 0) is 43.6 Å². The number of carbonyl (C=O) groups excluding carboxylic acids is 2. The van der Waals surface area contributed by atoms with E-state index in [2.05, 4.69) is 4.90 Å². The zero-order valence-corrected chi connectivity index (χ0v) is 15.8. The van der Waals surface area contributed by atoms with Gasteiger partial charge < -0.3 is 10.5 Å². The number of nitrogens with zero attached hydrogens (tertiary/aromatic N) is 2. The van der Waals surface area contributed by atoms with Crippen molar-refractivity contribution in [2.45, 2.75) is 18.9 Å². The molecule has 2 N–H and O–H groups in total. The maximum atomic E-state index is 13.4. The molecule has 0 aromatic heterocycles.